The highest BCUT2D eigenvalue weighted by molar-refractivity contribution is 14.0. The van der Waals surface area contributed by atoms with Crippen molar-refractivity contribution in [2.75, 3.05) is 40.0 Å². The SMILES string of the molecule is CN=C(NCCOCC1CCCO1)NCC(C)c1ccc(C)cc1.I. The van der Waals surface area contributed by atoms with E-state index in [4.69, 9.17) is 9.47 Å². The Balaban J connectivity index is 0.00000312. The van der Waals surface area contributed by atoms with E-state index in [9.17, 15) is 0 Å². The van der Waals surface area contributed by atoms with E-state index in [1.165, 1.54) is 11.1 Å². The highest BCUT2D eigenvalue weighted by atomic mass is 127. The molecule has 2 atom stereocenters. The molecular weight excluding hydrogens is 429 g/mol. The number of guanidine groups is 1. The van der Waals surface area contributed by atoms with Gasteiger partial charge in [0, 0.05) is 26.7 Å². The first kappa shape index (κ1) is 22.2. The topological polar surface area (TPSA) is 54.9 Å². The van der Waals surface area contributed by atoms with E-state index in [-0.39, 0.29) is 30.1 Å². The van der Waals surface area contributed by atoms with E-state index in [2.05, 4.69) is 53.7 Å². The Bertz CT molecular complexity index is 502. The predicted molar refractivity (Wildman–Crippen MR) is 114 cm³/mol. The van der Waals surface area contributed by atoms with Crippen molar-refractivity contribution in [3.05, 3.63) is 35.4 Å². The van der Waals surface area contributed by atoms with Crippen molar-refractivity contribution in [3.63, 3.8) is 0 Å². The molecule has 0 bridgehead atoms. The van der Waals surface area contributed by atoms with Crippen LogP contribution in [0, 0.1) is 6.92 Å². The molecule has 0 saturated carbocycles. The Morgan fingerprint density at radius 1 is 1.32 bits per heavy atom. The molecule has 1 aromatic rings. The van der Waals surface area contributed by atoms with Crippen molar-refractivity contribution in [1.82, 2.24) is 10.6 Å². The lowest BCUT2D eigenvalue weighted by Gasteiger charge is -2.17. The van der Waals surface area contributed by atoms with Crippen molar-refractivity contribution in [2.45, 2.75) is 38.7 Å². The van der Waals surface area contributed by atoms with Crippen LogP contribution in [0.4, 0.5) is 0 Å². The molecule has 0 radical (unpaired) electrons. The van der Waals surface area contributed by atoms with Gasteiger partial charge in [-0.3, -0.25) is 4.99 Å². The molecule has 5 nitrogen and oxygen atoms in total. The molecule has 0 aliphatic carbocycles. The minimum atomic E-state index is 0. The minimum absolute atomic E-state index is 0. The van der Waals surface area contributed by atoms with E-state index < -0.39 is 0 Å². The van der Waals surface area contributed by atoms with Gasteiger partial charge in [0.25, 0.3) is 0 Å². The molecule has 2 rings (SSSR count). The van der Waals surface area contributed by atoms with Crippen LogP contribution in [0.2, 0.25) is 0 Å². The normalized spacial score (nSPS) is 18.5. The Morgan fingerprint density at radius 2 is 2.08 bits per heavy atom. The summed E-state index contributed by atoms with van der Waals surface area (Å²) in [6.45, 7) is 8.15. The summed E-state index contributed by atoms with van der Waals surface area (Å²) in [6.07, 6.45) is 2.56. The van der Waals surface area contributed by atoms with Gasteiger partial charge in [-0.05, 0) is 31.2 Å². The summed E-state index contributed by atoms with van der Waals surface area (Å²) in [6, 6.07) is 8.70. The summed E-state index contributed by atoms with van der Waals surface area (Å²) in [7, 11) is 1.79. The van der Waals surface area contributed by atoms with Crippen LogP contribution in [-0.4, -0.2) is 52.0 Å². The number of nitrogens with one attached hydrogen (secondary N) is 2. The molecule has 2 unspecified atom stereocenters. The number of benzene rings is 1. The van der Waals surface area contributed by atoms with Crippen molar-refractivity contribution in [2.24, 2.45) is 4.99 Å². The van der Waals surface area contributed by atoms with E-state index >= 15 is 0 Å². The van der Waals surface area contributed by atoms with Gasteiger partial charge in [-0.1, -0.05) is 36.8 Å². The Morgan fingerprint density at radius 3 is 2.72 bits per heavy atom. The van der Waals surface area contributed by atoms with Crippen LogP contribution < -0.4 is 10.6 Å². The van der Waals surface area contributed by atoms with E-state index in [0.29, 0.717) is 19.1 Å². The number of rotatable bonds is 8. The fourth-order valence-electron chi connectivity index (χ4n) is 2.72. The first-order valence-electron chi connectivity index (χ1n) is 8.89. The van der Waals surface area contributed by atoms with Gasteiger partial charge in [0.05, 0.1) is 19.3 Å². The molecule has 142 valence electrons. The molecule has 6 heteroatoms. The third kappa shape index (κ3) is 8.37. The monoisotopic (exact) mass is 461 g/mol. The van der Waals surface area contributed by atoms with Crippen LogP contribution in [0.15, 0.2) is 29.3 Å². The van der Waals surface area contributed by atoms with Gasteiger partial charge in [-0.2, -0.15) is 0 Å². The maximum atomic E-state index is 5.65. The molecule has 1 saturated heterocycles. The zero-order valence-corrected chi connectivity index (χ0v) is 17.9. The fraction of sp³-hybridized carbons (Fsp3) is 0.632. The van der Waals surface area contributed by atoms with Gasteiger partial charge in [-0.25, -0.2) is 0 Å². The number of nitrogens with zero attached hydrogens (tertiary/aromatic N) is 1. The van der Waals surface area contributed by atoms with Gasteiger partial charge in [-0.15, -0.1) is 24.0 Å². The van der Waals surface area contributed by atoms with Crippen LogP contribution in [0.1, 0.15) is 36.8 Å². The number of aliphatic imine (C=N–C) groups is 1. The molecule has 0 aromatic heterocycles. The second kappa shape index (κ2) is 12.5. The van der Waals surface area contributed by atoms with Crippen molar-refractivity contribution in [1.29, 1.82) is 0 Å². The quantitative estimate of drug-likeness (QED) is 0.271. The number of halogens is 1. The first-order chi connectivity index (χ1) is 11.7. The molecule has 1 fully saturated rings. The van der Waals surface area contributed by atoms with E-state index in [0.717, 1.165) is 38.5 Å². The van der Waals surface area contributed by atoms with Gasteiger partial charge < -0.3 is 20.1 Å². The average Bonchev–Trinajstić information content (AvgIpc) is 3.11. The van der Waals surface area contributed by atoms with Crippen molar-refractivity contribution >= 4 is 29.9 Å². The van der Waals surface area contributed by atoms with Gasteiger partial charge >= 0.3 is 0 Å². The lowest BCUT2D eigenvalue weighted by molar-refractivity contribution is 0.0191. The molecule has 1 aliphatic rings. The summed E-state index contributed by atoms with van der Waals surface area (Å²) < 4.78 is 11.2. The third-order valence-electron chi connectivity index (χ3n) is 4.31. The average molecular weight is 461 g/mol. The van der Waals surface area contributed by atoms with Gasteiger partial charge in [0.15, 0.2) is 5.96 Å². The number of aryl methyl sites for hydroxylation is 1. The first-order valence-corrected chi connectivity index (χ1v) is 8.89. The smallest absolute Gasteiger partial charge is 0.191 e. The maximum absolute atomic E-state index is 5.65. The predicted octanol–water partition coefficient (Wildman–Crippen LogP) is 3.08. The Hall–Kier alpha value is -0.860. The van der Waals surface area contributed by atoms with Crippen LogP contribution in [-0.2, 0) is 9.47 Å². The Labute approximate surface area is 169 Å². The summed E-state index contributed by atoms with van der Waals surface area (Å²) in [5, 5.41) is 6.66. The molecular formula is C19H32IN3O2. The molecule has 25 heavy (non-hydrogen) atoms. The molecule has 1 aliphatic heterocycles. The van der Waals surface area contributed by atoms with Crippen molar-refractivity contribution < 1.29 is 9.47 Å². The molecule has 2 N–H and O–H groups in total. The Kier molecular flexibility index (Phi) is 11.1. The standard InChI is InChI=1S/C19H31N3O2.HI/c1-15-6-8-17(9-7-15)16(2)13-22-19(20-3)21-10-12-23-14-18-5-4-11-24-18;/h6-9,16,18H,4-5,10-14H2,1-3H3,(H2,20,21,22);1H. The van der Waals surface area contributed by atoms with Crippen LogP contribution >= 0.6 is 24.0 Å². The van der Waals surface area contributed by atoms with Crippen LogP contribution in [0.5, 0.6) is 0 Å². The maximum Gasteiger partial charge on any atom is 0.191 e. The second-order valence-corrected chi connectivity index (χ2v) is 6.40. The lowest BCUT2D eigenvalue weighted by Crippen LogP contribution is -2.40. The molecule has 0 amide bonds. The van der Waals surface area contributed by atoms with Crippen molar-refractivity contribution in [3.8, 4) is 0 Å². The summed E-state index contributed by atoms with van der Waals surface area (Å²) in [4.78, 5) is 4.26. The minimum Gasteiger partial charge on any atom is -0.377 e. The van der Waals surface area contributed by atoms with Crippen LogP contribution in [0.25, 0.3) is 0 Å². The van der Waals surface area contributed by atoms with E-state index in [1.54, 1.807) is 7.05 Å². The summed E-state index contributed by atoms with van der Waals surface area (Å²) in [5.41, 5.74) is 2.63. The summed E-state index contributed by atoms with van der Waals surface area (Å²) in [5.74, 6) is 1.24. The van der Waals surface area contributed by atoms with Crippen LogP contribution in [0.3, 0.4) is 0 Å². The lowest BCUT2D eigenvalue weighted by atomic mass is 10.0. The highest BCUT2D eigenvalue weighted by Gasteiger charge is 2.15. The largest absolute Gasteiger partial charge is 0.377 e. The highest BCUT2D eigenvalue weighted by Crippen LogP contribution is 2.14. The van der Waals surface area contributed by atoms with Gasteiger partial charge in [0.2, 0.25) is 0 Å². The molecule has 1 heterocycles. The van der Waals surface area contributed by atoms with Gasteiger partial charge in [0.1, 0.15) is 0 Å². The summed E-state index contributed by atoms with van der Waals surface area (Å²) >= 11 is 0. The zero-order chi connectivity index (χ0) is 17.2. The number of ether oxygens (including phenoxy) is 2. The number of hydrogen-bond acceptors (Lipinski definition) is 3. The second-order valence-electron chi connectivity index (χ2n) is 6.40. The third-order valence-corrected chi connectivity index (χ3v) is 4.31. The fourth-order valence-corrected chi connectivity index (χ4v) is 2.72. The molecule has 1 aromatic carbocycles. The number of hydrogen-bond donors (Lipinski definition) is 2. The molecule has 0 spiro atoms. The zero-order valence-electron chi connectivity index (χ0n) is 15.6. The van der Waals surface area contributed by atoms with E-state index in [1.807, 2.05) is 0 Å².